The number of nitrogens with two attached hydrogens (primary N) is 1. The van der Waals surface area contributed by atoms with E-state index in [0.29, 0.717) is 11.3 Å². The molecule has 2 heterocycles. The summed E-state index contributed by atoms with van der Waals surface area (Å²) in [4.78, 5) is 21.1. The average molecular weight is 417 g/mol. The number of hydrogen-bond donors (Lipinski definition) is 1. The summed E-state index contributed by atoms with van der Waals surface area (Å²) in [6, 6.07) is 15.2. The molecule has 4 aromatic rings. The Bertz CT molecular complexity index is 1280. The summed E-state index contributed by atoms with van der Waals surface area (Å²) in [5.41, 5.74) is 7.05. The summed E-state index contributed by atoms with van der Waals surface area (Å²) in [6.07, 6.45) is 5.85. The average Bonchev–Trinajstić information content (AvgIpc) is 3.30. The second kappa shape index (κ2) is 8.62. The van der Waals surface area contributed by atoms with Crippen molar-refractivity contribution in [1.82, 2.24) is 14.8 Å². The largest absolute Gasteiger partial charge is 0.405 e. The van der Waals surface area contributed by atoms with Gasteiger partial charge in [0, 0.05) is 29.4 Å². The molecule has 4 rings (SSSR count). The predicted molar refractivity (Wildman–Crippen MR) is 117 cm³/mol. The molecule has 6 nitrogen and oxygen atoms in total. The molecule has 30 heavy (non-hydrogen) atoms. The second-order valence-corrected chi connectivity index (χ2v) is 7.06. The van der Waals surface area contributed by atoms with Crippen LogP contribution in [0, 0.1) is 5.82 Å². The van der Waals surface area contributed by atoms with E-state index in [4.69, 9.17) is 5.73 Å². The van der Waals surface area contributed by atoms with Crippen LogP contribution in [0.3, 0.4) is 0 Å². The Kier molecular flexibility index (Phi) is 5.58. The number of benzene rings is 2. The van der Waals surface area contributed by atoms with Gasteiger partial charge in [0.2, 0.25) is 5.43 Å². The minimum absolute atomic E-state index is 0.0615. The maximum absolute atomic E-state index is 14.8. The van der Waals surface area contributed by atoms with Crippen molar-refractivity contribution in [3.05, 3.63) is 106 Å². The second-order valence-electron chi connectivity index (χ2n) is 6.17. The summed E-state index contributed by atoms with van der Waals surface area (Å²) in [7, 11) is 0. The Morgan fingerprint density at radius 2 is 2.00 bits per heavy atom. The SMILES string of the molecule is NC=CC(=Nc1ccccc1)c1nn(-c2ccc(-c3nccs3)cc2F)ccc1=O. The highest BCUT2D eigenvalue weighted by atomic mass is 32.1. The van der Waals surface area contributed by atoms with Gasteiger partial charge < -0.3 is 5.73 Å². The van der Waals surface area contributed by atoms with E-state index in [1.165, 1.54) is 46.6 Å². The molecule has 0 unspecified atom stereocenters. The zero-order chi connectivity index (χ0) is 20.9. The smallest absolute Gasteiger partial charge is 0.209 e. The van der Waals surface area contributed by atoms with E-state index in [9.17, 15) is 9.18 Å². The van der Waals surface area contributed by atoms with Gasteiger partial charge in [0.25, 0.3) is 0 Å². The number of halogens is 1. The lowest BCUT2D eigenvalue weighted by Gasteiger charge is -2.10. The first kappa shape index (κ1) is 19.4. The minimum atomic E-state index is -0.485. The molecular formula is C22H16FN5OS. The molecule has 0 aliphatic heterocycles. The molecule has 2 N–H and O–H groups in total. The lowest BCUT2D eigenvalue weighted by Crippen LogP contribution is -2.20. The molecule has 0 saturated carbocycles. The van der Waals surface area contributed by atoms with Crippen LogP contribution in [0.15, 0.2) is 94.4 Å². The molecule has 148 valence electrons. The summed E-state index contributed by atoms with van der Waals surface area (Å²) < 4.78 is 16.1. The third-order valence-electron chi connectivity index (χ3n) is 4.18. The highest BCUT2D eigenvalue weighted by Gasteiger charge is 2.13. The van der Waals surface area contributed by atoms with Crippen LogP contribution < -0.4 is 11.2 Å². The normalized spacial score (nSPS) is 11.8. The third-order valence-corrected chi connectivity index (χ3v) is 5.01. The summed E-state index contributed by atoms with van der Waals surface area (Å²) >= 11 is 1.42. The lowest BCUT2D eigenvalue weighted by molar-refractivity contribution is 0.608. The quantitative estimate of drug-likeness (QED) is 0.496. The van der Waals surface area contributed by atoms with Crippen LogP contribution in [-0.2, 0) is 0 Å². The Labute approximate surface area is 175 Å². The van der Waals surface area contributed by atoms with E-state index in [2.05, 4.69) is 15.1 Å². The van der Waals surface area contributed by atoms with Gasteiger partial charge in [-0.25, -0.2) is 19.0 Å². The van der Waals surface area contributed by atoms with Crippen molar-refractivity contribution in [2.45, 2.75) is 0 Å². The first-order chi connectivity index (χ1) is 14.7. The number of rotatable bonds is 5. The minimum Gasteiger partial charge on any atom is -0.405 e. The van der Waals surface area contributed by atoms with Crippen LogP contribution in [0.25, 0.3) is 16.3 Å². The Morgan fingerprint density at radius 1 is 1.17 bits per heavy atom. The van der Waals surface area contributed by atoms with Crippen LogP contribution >= 0.6 is 11.3 Å². The van der Waals surface area contributed by atoms with Gasteiger partial charge in [-0.15, -0.1) is 11.3 Å². The molecule has 8 heteroatoms. The fourth-order valence-corrected chi connectivity index (χ4v) is 3.45. The molecule has 0 bridgehead atoms. The number of hydrogen-bond acceptors (Lipinski definition) is 6. The van der Waals surface area contributed by atoms with Crippen molar-refractivity contribution < 1.29 is 4.39 Å². The van der Waals surface area contributed by atoms with Crippen LogP contribution in [0.5, 0.6) is 0 Å². The highest BCUT2D eigenvalue weighted by molar-refractivity contribution is 7.13. The van der Waals surface area contributed by atoms with E-state index >= 15 is 0 Å². The van der Waals surface area contributed by atoms with Crippen molar-refractivity contribution in [2.24, 2.45) is 10.7 Å². The van der Waals surface area contributed by atoms with Gasteiger partial charge in [0.15, 0.2) is 5.69 Å². The first-order valence-electron chi connectivity index (χ1n) is 8.98. The summed E-state index contributed by atoms with van der Waals surface area (Å²) in [6.45, 7) is 0. The van der Waals surface area contributed by atoms with Crippen molar-refractivity contribution in [1.29, 1.82) is 0 Å². The fraction of sp³-hybridized carbons (Fsp3) is 0. The van der Waals surface area contributed by atoms with Crippen LogP contribution in [0.4, 0.5) is 10.1 Å². The number of aromatic nitrogens is 3. The molecule has 0 aliphatic carbocycles. The Morgan fingerprint density at radius 3 is 2.70 bits per heavy atom. The highest BCUT2D eigenvalue weighted by Crippen LogP contribution is 2.25. The maximum atomic E-state index is 14.8. The number of para-hydroxylation sites is 1. The molecule has 0 atom stereocenters. The number of thiazole rings is 1. The van der Waals surface area contributed by atoms with Gasteiger partial charge >= 0.3 is 0 Å². The summed E-state index contributed by atoms with van der Waals surface area (Å²) in [5, 5.41) is 6.87. The fourth-order valence-electron chi connectivity index (χ4n) is 2.81. The predicted octanol–water partition coefficient (Wildman–Crippen LogP) is 4.09. The Balaban J connectivity index is 1.78. The molecule has 2 aromatic carbocycles. The number of allylic oxidation sites excluding steroid dienone is 1. The molecule has 0 spiro atoms. The van der Waals surface area contributed by atoms with E-state index < -0.39 is 5.82 Å². The van der Waals surface area contributed by atoms with Gasteiger partial charge in [-0.1, -0.05) is 18.2 Å². The molecule has 0 radical (unpaired) electrons. The molecule has 2 aromatic heterocycles. The molecular weight excluding hydrogens is 401 g/mol. The third kappa shape index (κ3) is 4.08. The maximum Gasteiger partial charge on any atom is 0.209 e. The van der Waals surface area contributed by atoms with Crippen molar-refractivity contribution in [3.8, 4) is 16.3 Å². The zero-order valence-corrected chi connectivity index (χ0v) is 16.5. The van der Waals surface area contributed by atoms with Gasteiger partial charge in [-0.2, -0.15) is 5.10 Å². The topological polar surface area (TPSA) is 86.2 Å². The first-order valence-corrected chi connectivity index (χ1v) is 9.86. The van der Waals surface area contributed by atoms with Crippen LogP contribution in [0.2, 0.25) is 0 Å². The van der Waals surface area contributed by atoms with Crippen molar-refractivity contribution in [2.75, 3.05) is 0 Å². The monoisotopic (exact) mass is 417 g/mol. The molecule has 0 saturated heterocycles. The van der Waals surface area contributed by atoms with Gasteiger partial charge in [0.05, 0.1) is 11.4 Å². The number of nitrogens with zero attached hydrogens (tertiary/aromatic N) is 4. The summed E-state index contributed by atoms with van der Waals surface area (Å²) in [5.74, 6) is -0.485. The zero-order valence-electron chi connectivity index (χ0n) is 15.6. The van der Waals surface area contributed by atoms with Gasteiger partial charge in [0.1, 0.15) is 16.5 Å². The lowest BCUT2D eigenvalue weighted by atomic mass is 10.2. The molecule has 0 aliphatic rings. The number of aliphatic imine (C=N–C) groups is 1. The Hall–Kier alpha value is -3.91. The van der Waals surface area contributed by atoms with Gasteiger partial charge in [-0.3, -0.25) is 4.79 Å². The standard InChI is InChI=1S/C22H16FN5OS/c23-17-14-15(22-25-11-13-30-22)6-7-19(17)28-12-9-20(29)21(27-28)18(8-10-24)26-16-4-2-1-3-5-16/h1-14H,24H2. The molecule has 0 amide bonds. The van der Waals surface area contributed by atoms with E-state index in [1.807, 2.05) is 23.6 Å². The van der Waals surface area contributed by atoms with E-state index in [-0.39, 0.29) is 22.5 Å². The van der Waals surface area contributed by atoms with E-state index in [1.54, 1.807) is 30.5 Å². The van der Waals surface area contributed by atoms with Crippen LogP contribution in [-0.4, -0.2) is 20.5 Å². The van der Waals surface area contributed by atoms with Crippen molar-refractivity contribution >= 4 is 22.7 Å². The molecule has 0 fully saturated rings. The van der Waals surface area contributed by atoms with Crippen LogP contribution in [0.1, 0.15) is 5.69 Å². The van der Waals surface area contributed by atoms with E-state index in [0.717, 1.165) is 5.01 Å². The van der Waals surface area contributed by atoms with Crippen molar-refractivity contribution in [3.63, 3.8) is 0 Å². The van der Waals surface area contributed by atoms with Gasteiger partial charge in [-0.05, 0) is 42.6 Å².